The van der Waals surface area contributed by atoms with Gasteiger partial charge in [-0.3, -0.25) is 0 Å². The molecule has 100 valence electrons. The first-order valence-corrected chi connectivity index (χ1v) is 6.43. The maximum Gasteiger partial charge on any atom is 0.224 e. The number of hydrogen-bond donors (Lipinski definition) is 1. The molecule has 0 aliphatic carbocycles. The molecule has 1 heterocycles. The van der Waals surface area contributed by atoms with Gasteiger partial charge in [0.15, 0.2) is 0 Å². The number of benzene rings is 1. The summed E-state index contributed by atoms with van der Waals surface area (Å²) in [6.07, 6.45) is 1.47. The number of ether oxygens (including phenoxy) is 1. The molecule has 1 aromatic heterocycles. The molecule has 1 N–H and O–H groups in total. The van der Waals surface area contributed by atoms with Crippen molar-refractivity contribution in [2.45, 2.75) is 13.2 Å². The van der Waals surface area contributed by atoms with Gasteiger partial charge in [-0.2, -0.15) is 4.98 Å². The zero-order valence-corrected chi connectivity index (χ0v) is 11.9. The molecule has 0 amide bonds. The second-order valence-corrected chi connectivity index (χ2v) is 4.69. The van der Waals surface area contributed by atoms with E-state index in [0.29, 0.717) is 24.0 Å². The second kappa shape index (κ2) is 6.70. The first-order chi connectivity index (χ1) is 9.19. The largest absolute Gasteiger partial charge is 0.380 e. The molecular weight excluding hydrogens is 285 g/mol. The fourth-order valence-electron chi connectivity index (χ4n) is 1.65. The maximum atomic E-state index is 5.98. The predicted octanol–water partition coefficient (Wildman–Crippen LogP) is 3.54. The molecular formula is C13H13Cl2N3O. The molecule has 2 rings (SSSR count). The lowest BCUT2D eigenvalue weighted by Gasteiger charge is -2.08. The molecule has 4 nitrogen and oxygen atoms in total. The minimum Gasteiger partial charge on any atom is -0.380 e. The van der Waals surface area contributed by atoms with E-state index in [0.717, 1.165) is 11.1 Å². The Morgan fingerprint density at radius 1 is 1.26 bits per heavy atom. The third-order valence-corrected chi connectivity index (χ3v) is 2.94. The van der Waals surface area contributed by atoms with Gasteiger partial charge in [-0.05, 0) is 22.7 Å². The normalized spacial score (nSPS) is 10.5. The number of nitrogens with zero attached hydrogens (tertiary/aromatic N) is 2. The second-order valence-electron chi connectivity index (χ2n) is 3.94. The highest BCUT2D eigenvalue weighted by molar-refractivity contribution is 6.33. The smallest absolute Gasteiger partial charge is 0.224 e. The van der Waals surface area contributed by atoms with Crippen molar-refractivity contribution >= 4 is 29.0 Å². The molecule has 1 aromatic carbocycles. The number of aromatic nitrogens is 2. The summed E-state index contributed by atoms with van der Waals surface area (Å²) in [6, 6.07) is 8.08. The van der Waals surface area contributed by atoms with Gasteiger partial charge in [0.05, 0.1) is 12.8 Å². The van der Waals surface area contributed by atoms with Gasteiger partial charge in [-0.1, -0.05) is 35.9 Å². The van der Waals surface area contributed by atoms with Gasteiger partial charge in [0.25, 0.3) is 0 Å². The topological polar surface area (TPSA) is 47.0 Å². The number of anilines is 1. The number of nitrogens with one attached hydrogen (secondary N) is 1. The summed E-state index contributed by atoms with van der Waals surface area (Å²) in [5.41, 5.74) is 2.23. The van der Waals surface area contributed by atoms with E-state index in [-0.39, 0.29) is 5.28 Å². The number of rotatable bonds is 5. The fourth-order valence-corrected chi connectivity index (χ4v) is 1.94. The van der Waals surface area contributed by atoms with Crippen molar-refractivity contribution in [3.63, 3.8) is 0 Å². The van der Waals surface area contributed by atoms with Crippen LogP contribution in [-0.2, 0) is 17.9 Å². The Balaban J connectivity index is 2.05. The quantitative estimate of drug-likeness (QED) is 0.858. The Kier molecular flexibility index (Phi) is 4.96. The van der Waals surface area contributed by atoms with Gasteiger partial charge in [-0.15, -0.1) is 0 Å². The number of methoxy groups -OCH3 is 1. The summed E-state index contributed by atoms with van der Waals surface area (Å²) in [5, 5.41) is 3.74. The summed E-state index contributed by atoms with van der Waals surface area (Å²) in [6.45, 7) is 1.19. The van der Waals surface area contributed by atoms with Crippen LogP contribution < -0.4 is 5.32 Å². The average Bonchev–Trinajstić information content (AvgIpc) is 2.41. The molecule has 2 aromatic rings. The molecule has 6 heteroatoms. The highest BCUT2D eigenvalue weighted by Gasteiger charge is 2.04. The highest BCUT2D eigenvalue weighted by atomic mass is 35.5. The molecule has 0 radical (unpaired) electrons. The molecule has 0 spiro atoms. The summed E-state index contributed by atoms with van der Waals surface area (Å²) in [7, 11) is 1.67. The Bertz CT molecular complexity index is 563. The van der Waals surface area contributed by atoms with Crippen molar-refractivity contribution < 1.29 is 4.74 Å². The van der Waals surface area contributed by atoms with Crippen molar-refractivity contribution in [1.82, 2.24) is 9.97 Å². The van der Waals surface area contributed by atoms with Crippen LogP contribution in [0, 0.1) is 0 Å². The van der Waals surface area contributed by atoms with E-state index in [1.807, 2.05) is 18.2 Å². The first kappa shape index (κ1) is 14.1. The van der Waals surface area contributed by atoms with Crippen molar-refractivity contribution in [3.8, 4) is 0 Å². The van der Waals surface area contributed by atoms with Crippen LogP contribution in [0.2, 0.25) is 10.3 Å². The van der Waals surface area contributed by atoms with Gasteiger partial charge in [-0.25, -0.2) is 4.98 Å². The Labute approximate surface area is 121 Å². The third-order valence-electron chi connectivity index (χ3n) is 2.48. The summed E-state index contributed by atoms with van der Waals surface area (Å²) in [5.74, 6) is 0.527. The monoisotopic (exact) mass is 297 g/mol. The van der Waals surface area contributed by atoms with E-state index in [4.69, 9.17) is 27.9 Å². The molecule has 0 aliphatic rings. The molecule has 0 aliphatic heterocycles. The molecule has 19 heavy (non-hydrogen) atoms. The van der Waals surface area contributed by atoms with Crippen molar-refractivity contribution in [1.29, 1.82) is 0 Å². The van der Waals surface area contributed by atoms with Gasteiger partial charge < -0.3 is 10.1 Å². The van der Waals surface area contributed by atoms with E-state index in [1.54, 1.807) is 7.11 Å². The van der Waals surface area contributed by atoms with Gasteiger partial charge in [0.2, 0.25) is 5.28 Å². The van der Waals surface area contributed by atoms with Crippen LogP contribution in [0.3, 0.4) is 0 Å². The standard InChI is InChI=1S/C13H13Cl2N3O/c1-19-8-10-4-2-3-9(5-10)6-16-12-11(14)7-17-13(15)18-12/h2-5,7H,6,8H2,1H3,(H,16,17,18). The van der Waals surface area contributed by atoms with Crippen LogP contribution in [0.5, 0.6) is 0 Å². The fraction of sp³-hybridized carbons (Fsp3) is 0.231. The maximum absolute atomic E-state index is 5.98. The van der Waals surface area contributed by atoms with E-state index in [2.05, 4.69) is 21.4 Å². The van der Waals surface area contributed by atoms with Crippen molar-refractivity contribution in [2.24, 2.45) is 0 Å². The zero-order chi connectivity index (χ0) is 13.7. The average molecular weight is 298 g/mol. The number of halogens is 2. The van der Waals surface area contributed by atoms with Crippen molar-refractivity contribution in [3.05, 3.63) is 51.9 Å². The van der Waals surface area contributed by atoms with Gasteiger partial charge >= 0.3 is 0 Å². The molecule has 0 unspecified atom stereocenters. The van der Waals surface area contributed by atoms with E-state index in [1.165, 1.54) is 6.20 Å². The molecule has 0 saturated heterocycles. The molecule has 0 fully saturated rings. The van der Waals surface area contributed by atoms with E-state index in [9.17, 15) is 0 Å². The van der Waals surface area contributed by atoms with E-state index >= 15 is 0 Å². The Morgan fingerprint density at radius 2 is 2.05 bits per heavy atom. The van der Waals surface area contributed by atoms with Crippen LogP contribution in [0.25, 0.3) is 0 Å². The number of hydrogen-bond acceptors (Lipinski definition) is 4. The summed E-state index contributed by atoms with van der Waals surface area (Å²) < 4.78 is 5.10. The van der Waals surface area contributed by atoms with Crippen molar-refractivity contribution in [2.75, 3.05) is 12.4 Å². The zero-order valence-electron chi connectivity index (χ0n) is 10.4. The van der Waals surface area contributed by atoms with Crippen LogP contribution in [0.1, 0.15) is 11.1 Å². The SMILES string of the molecule is COCc1cccc(CNc2nc(Cl)ncc2Cl)c1. The van der Waals surface area contributed by atoms with Crippen LogP contribution in [0.4, 0.5) is 5.82 Å². The molecule has 0 saturated carbocycles. The lowest BCUT2D eigenvalue weighted by molar-refractivity contribution is 0.185. The van der Waals surface area contributed by atoms with Crippen LogP contribution in [0.15, 0.2) is 30.5 Å². The molecule has 0 bridgehead atoms. The lowest BCUT2D eigenvalue weighted by Crippen LogP contribution is -2.03. The minimum absolute atomic E-state index is 0.167. The van der Waals surface area contributed by atoms with Gasteiger partial charge in [0.1, 0.15) is 10.8 Å². The van der Waals surface area contributed by atoms with Crippen LogP contribution >= 0.6 is 23.2 Å². The highest BCUT2D eigenvalue weighted by Crippen LogP contribution is 2.20. The summed E-state index contributed by atoms with van der Waals surface area (Å²) >= 11 is 11.7. The third kappa shape index (κ3) is 4.06. The van der Waals surface area contributed by atoms with Crippen LogP contribution in [-0.4, -0.2) is 17.1 Å². The minimum atomic E-state index is 0.167. The molecule has 0 atom stereocenters. The summed E-state index contributed by atoms with van der Waals surface area (Å²) in [4.78, 5) is 7.83. The predicted molar refractivity (Wildman–Crippen MR) is 76.5 cm³/mol. The Hall–Kier alpha value is -1.36. The van der Waals surface area contributed by atoms with E-state index < -0.39 is 0 Å². The Morgan fingerprint density at radius 3 is 2.84 bits per heavy atom. The lowest BCUT2D eigenvalue weighted by atomic mass is 10.1. The van der Waals surface area contributed by atoms with Gasteiger partial charge in [0, 0.05) is 13.7 Å². The first-order valence-electron chi connectivity index (χ1n) is 5.67.